The minimum atomic E-state index is -0.541. The van der Waals surface area contributed by atoms with E-state index in [0.717, 1.165) is 0 Å². The van der Waals surface area contributed by atoms with Gasteiger partial charge in [0.05, 0.1) is 6.10 Å². The molecule has 4 heteroatoms. The first-order chi connectivity index (χ1) is 5.11. The van der Waals surface area contributed by atoms with Crippen LogP contribution < -0.4 is 4.74 Å². The van der Waals surface area contributed by atoms with Crippen molar-refractivity contribution in [3.63, 3.8) is 0 Å². The Kier molecular flexibility index (Phi) is 2.12. The Balaban J connectivity index is 2.83. The molecule has 0 unspecified atom stereocenters. The molecule has 0 aromatic carbocycles. The SMILES string of the molecule is CC(C)Oc1c(F)[c]nn1C. The standard InChI is InChI=1S/C7H10FN2O/c1-5(2)11-7-6(8)4-9-10(7)3/h5H,1-3H3. The molecule has 1 aromatic rings. The lowest BCUT2D eigenvalue weighted by Crippen LogP contribution is -2.09. The van der Waals surface area contributed by atoms with Gasteiger partial charge in [-0.25, -0.2) is 4.68 Å². The van der Waals surface area contributed by atoms with Gasteiger partial charge < -0.3 is 4.74 Å². The van der Waals surface area contributed by atoms with Crippen molar-refractivity contribution in [2.24, 2.45) is 7.05 Å². The molecule has 61 valence electrons. The van der Waals surface area contributed by atoms with Crippen LogP contribution in [0.1, 0.15) is 13.8 Å². The second-order valence-electron chi connectivity index (χ2n) is 2.52. The Labute approximate surface area is 64.8 Å². The zero-order valence-corrected chi connectivity index (χ0v) is 6.76. The zero-order chi connectivity index (χ0) is 8.43. The van der Waals surface area contributed by atoms with Gasteiger partial charge in [0.15, 0.2) is 6.20 Å². The molecule has 0 spiro atoms. The summed E-state index contributed by atoms with van der Waals surface area (Å²) in [6.45, 7) is 3.65. The van der Waals surface area contributed by atoms with E-state index in [0.29, 0.717) is 0 Å². The molecule has 0 N–H and O–H groups in total. The Morgan fingerprint density at radius 1 is 1.64 bits per heavy atom. The van der Waals surface area contributed by atoms with E-state index in [4.69, 9.17) is 4.74 Å². The van der Waals surface area contributed by atoms with Gasteiger partial charge in [0.2, 0.25) is 11.7 Å². The molecule has 0 fully saturated rings. The fraction of sp³-hybridized carbons (Fsp3) is 0.571. The first kappa shape index (κ1) is 8.04. The third kappa shape index (κ3) is 1.69. The van der Waals surface area contributed by atoms with Gasteiger partial charge in [-0.05, 0) is 13.8 Å². The van der Waals surface area contributed by atoms with Gasteiger partial charge in [-0.2, -0.15) is 9.49 Å². The summed E-state index contributed by atoms with van der Waals surface area (Å²) in [6, 6.07) is 0. The van der Waals surface area contributed by atoms with Crippen molar-refractivity contribution in [1.82, 2.24) is 9.78 Å². The molecule has 1 rings (SSSR count). The number of ether oxygens (including phenoxy) is 1. The monoisotopic (exact) mass is 157 g/mol. The second kappa shape index (κ2) is 2.90. The molecule has 1 radical (unpaired) electrons. The molecule has 0 atom stereocenters. The van der Waals surface area contributed by atoms with E-state index in [1.807, 2.05) is 13.8 Å². The fourth-order valence-corrected chi connectivity index (χ4v) is 0.705. The van der Waals surface area contributed by atoms with Gasteiger partial charge >= 0.3 is 0 Å². The average molecular weight is 157 g/mol. The molecule has 0 saturated carbocycles. The Bertz CT molecular complexity index is 225. The number of nitrogens with zero attached hydrogens (tertiary/aromatic N) is 2. The van der Waals surface area contributed by atoms with E-state index in [1.54, 1.807) is 7.05 Å². The quantitative estimate of drug-likeness (QED) is 0.643. The van der Waals surface area contributed by atoms with Gasteiger partial charge in [-0.1, -0.05) is 0 Å². The molecular formula is C7H10FN2O. The minimum Gasteiger partial charge on any atom is -0.473 e. The molecule has 0 aliphatic carbocycles. The maximum Gasteiger partial charge on any atom is 0.249 e. The van der Waals surface area contributed by atoms with E-state index in [-0.39, 0.29) is 12.0 Å². The highest BCUT2D eigenvalue weighted by Crippen LogP contribution is 2.14. The summed E-state index contributed by atoms with van der Waals surface area (Å²) in [5.74, 6) is -0.402. The van der Waals surface area contributed by atoms with Crippen LogP contribution in [0.4, 0.5) is 4.39 Å². The van der Waals surface area contributed by atoms with E-state index < -0.39 is 5.82 Å². The summed E-state index contributed by atoms with van der Waals surface area (Å²) in [4.78, 5) is 0. The van der Waals surface area contributed by atoms with Gasteiger partial charge in [0.1, 0.15) is 0 Å². The highest BCUT2D eigenvalue weighted by Gasteiger charge is 2.10. The Hall–Kier alpha value is -1.06. The van der Waals surface area contributed by atoms with Crippen molar-refractivity contribution in [2.45, 2.75) is 20.0 Å². The molecule has 0 saturated heterocycles. The van der Waals surface area contributed by atoms with E-state index >= 15 is 0 Å². The molecule has 3 nitrogen and oxygen atoms in total. The van der Waals surface area contributed by atoms with E-state index in [1.165, 1.54) is 4.68 Å². The van der Waals surface area contributed by atoms with Crippen molar-refractivity contribution in [1.29, 1.82) is 0 Å². The first-order valence-corrected chi connectivity index (χ1v) is 3.38. The third-order valence-corrected chi connectivity index (χ3v) is 1.13. The second-order valence-corrected chi connectivity index (χ2v) is 2.52. The summed E-state index contributed by atoms with van der Waals surface area (Å²) >= 11 is 0. The van der Waals surface area contributed by atoms with Crippen molar-refractivity contribution >= 4 is 0 Å². The van der Waals surface area contributed by atoms with Crippen LogP contribution in [0.3, 0.4) is 0 Å². The van der Waals surface area contributed by atoms with Crippen LogP contribution in [0.25, 0.3) is 0 Å². The normalized spacial score (nSPS) is 10.6. The van der Waals surface area contributed by atoms with Crippen LogP contribution in [0.15, 0.2) is 0 Å². The number of rotatable bonds is 2. The molecular weight excluding hydrogens is 147 g/mol. The number of aromatic nitrogens is 2. The van der Waals surface area contributed by atoms with Crippen molar-refractivity contribution < 1.29 is 9.13 Å². The third-order valence-electron chi connectivity index (χ3n) is 1.13. The van der Waals surface area contributed by atoms with Crippen LogP contribution in [0.2, 0.25) is 0 Å². The maximum absolute atomic E-state index is 12.7. The lowest BCUT2D eigenvalue weighted by Gasteiger charge is -2.08. The predicted octanol–water partition coefficient (Wildman–Crippen LogP) is 1.15. The van der Waals surface area contributed by atoms with E-state index in [9.17, 15) is 4.39 Å². The molecule has 0 aliphatic heterocycles. The number of hydrogen-bond donors (Lipinski definition) is 0. The maximum atomic E-state index is 12.7. The molecule has 0 bridgehead atoms. The summed E-state index contributed by atoms with van der Waals surface area (Å²) in [7, 11) is 1.61. The van der Waals surface area contributed by atoms with Gasteiger partial charge in [0.25, 0.3) is 0 Å². The lowest BCUT2D eigenvalue weighted by atomic mass is 10.5. The van der Waals surface area contributed by atoms with Gasteiger partial charge in [-0.3, -0.25) is 0 Å². The topological polar surface area (TPSA) is 27.1 Å². The van der Waals surface area contributed by atoms with Crippen LogP contribution in [0.5, 0.6) is 5.88 Å². The van der Waals surface area contributed by atoms with Crippen molar-refractivity contribution in [3.05, 3.63) is 12.0 Å². The Morgan fingerprint density at radius 2 is 2.27 bits per heavy atom. The van der Waals surface area contributed by atoms with Crippen LogP contribution in [-0.4, -0.2) is 15.9 Å². The van der Waals surface area contributed by atoms with Crippen LogP contribution in [0, 0.1) is 12.0 Å². The largest absolute Gasteiger partial charge is 0.473 e. The highest BCUT2D eigenvalue weighted by molar-refractivity contribution is 5.09. The lowest BCUT2D eigenvalue weighted by molar-refractivity contribution is 0.211. The predicted molar refractivity (Wildman–Crippen MR) is 37.8 cm³/mol. The molecule has 11 heavy (non-hydrogen) atoms. The molecule has 0 aliphatic rings. The van der Waals surface area contributed by atoms with E-state index in [2.05, 4.69) is 11.3 Å². The summed E-state index contributed by atoms with van der Waals surface area (Å²) in [5, 5.41) is 3.56. The van der Waals surface area contributed by atoms with Crippen LogP contribution >= 0.6 is 0 Å². The van der Waals surface area contributed by atoms with Crippen molar-refractivity contribution in [3.8, 4) is 5.88 Å². The zero-order valence-electron chi connectivity index (χ0n) is 6.76. The fourth-order valence-electron chi connectivity index (χ4n) is 0.705. The van der Waals surface area contributed by atoms with Gasteiger partial charge in [0, 0.05) is 7.05 Å². The summed E-state index contributed by atoms with van der Waals surface area (Å²) in [6.07, 6.45) is 2.12. The number of hydrogen-bond acceptors (Lipinski definition) is 2. The van der Waals surface area contributed by atoms with Crippen LogP contribution in [-0.2, 0) is 7.05 Å². The number of halogens is 1. The smallest absolute Gasteiger partial charge is 0.249 e. The average Bonchev–Trinajstić information content (AvgIpc) is 2.18. The van der Waals surface area contributed by atoms with Crippen molar-refractivity contribution in [2.75, 3.05) is 0 Å². The first-order valence-electron chi connectivity index (χ1n) is 3.38. The molecule has 0 amide bonds. The Morgan fingerprint density at radius 3 is 2.64 bits per heavy atom. The molecule has 1 heterocycles. The number of aryl methyl sites for hydroxylation is 1. The minimum absolute atomic E-state index is 0.0479. The van der Waals surface area contributed by atoms with Gasteiger partial charge in [-0.15, -0.1) is 0 Å². The summed E-state index contributed by atoms with van der Waals surface area (Å²) in [5.41, 5.74) is 0. The molecule has 1 aromatic heterocycles. The summed E-state index contributed by atoms with van der Waals surface area (Å²) < 4.78 is 19.1. The highest BCUT2D eigenvalue weighted by atomic mass is 19.1.